The molecule has 1 fully saturated rings. The number of amides is 3. The number of amidine groups is 1. The molecule has 1 aromatic heterocycles. The molecule has 13 heteroatoms. The molecule has 2 unspecified atom stereocenters. The van der Waals surface area contributed by atoms with Crippen LogP contribution >= 0.6 is 0 Å². The zero-order valence-electron chi connectivity index (χ0n) is 15.8. The van der Waals surface area contributed by atoms with E-state index in [1.807, 2.05) is 0 Å². The monoisotopic (exact) mass is 455 g/mol. The van der Waals surface area contributed by atoms with Gasteiger partial charge in [0.25, 0.3) is 15.7 Å². The largest absolute Gasteiger partial charge is 0.501 e. The lowest BCUT2D eigenvalue weighted by atomic mass is 9.90. The van der Waals surface area contributed by atoms with E-state index in [0.29, 0.717) is 22.6 Å². The van der Waals surface area contributed by atoms with Gasteiger partial charge in [-0.25, -0.2) is 18.1 Å². The maximum absolute atomic E-state index is 12.9. The van der Waals surface area contributed by atoms with Crippen molar-refractivity contribution in [2.24, 2.45) is 5.73 Å². The van der Waals surface area contributed by atoms with Crippen molar-refractivity contribution in [2.45, 2.75) is 29.3 Å². The second kappa shape index (κ2) is 7.65. The maximum Gasteiger partial charge on any atom is 0.501 e. The quantitative estimate of drug-likeness (QED) is 0.356. The Bertz CT molecular complexity index is 1170. The predicted octanol–water partition coefficient (Wildman–Crippen LogP) is 1.89. The summed E-state index contributed by atoms with van der Waals surface area (Å²) < 4.78 is 61.0. The van der Waals surface area contributed by atoms with Gasteiger partial charge in [-0.05, 0) is 35.9 Å². The minimum absolute atomic E-state index is 0.0974. The molecule has 1 aromatic carbocycles. The van der Waals surface area contributed by atoms with Crippen molar-refractivity contribution >= 4 is 33.3 Å². The van der Waals surface area contributed by atoms with Crippen molar-refractivity contribution in [3.05, 3.63) is 53.9 Å². The summed E-state index contributed by atoms with van der Waals surface area (Å²) in [6.45, 7) is 1.63. The molecule has 0 bridgehead atoms. The zero-order valence-corrected chi connectivity index (χ0v) is 16.7. The number of nitrogens with two attached hydrogens (primary N) is 1. The van der Waals surface area contributed by atoms with Crippen molar-refractivity contribution in [3.63, 3.8) is 0 Å². The fourth-order valence-corrected chi connectivity index (χ4v) is 3.96. The number of carbonyl (C=O) groups is 2. The number of hydrogen-bond donors (Lipinski definition) is 3. The molecular formula is C18H16F3N5O4S. The Balaban J connectivity index is 1.90. The van der Waals surface area contributed by atoms with E-state index in [2.05, 4.69) is 10.3 Å². The number of aromatic nitrogens is 1. The Morgan fingerprint density at radius 2 is 1.84 bits per heavy atom. The number of anilines is 1. The molecule has 0 radical (unpaired) electrons. The standard InChI is InChI=1S/C18H16F3N5O4S/c1-9(12-6-7-24-8-13(12)15(22)23)14-16(27)26(17(28)25-14)10-2-4-11(5-3-10)31(29,30)18(19,20)21/h2-9,14H,1H3,(H3,22,23)(H,25,28). The molecule has 9 nitrogen and oxygen atoms in total. The molecule has 0 spiro atoms. The van der Waals surface area contributed by atoms with E-state index >= 15 is 0 Å². The van der Waals surface area contributed by atoms with Gasteiger partial charge in [-0.1, -0.05) is 6.92 Å². The van der Waals surface area contributed by atoms with Crippen LogP contribution in [0.5, 0.6) is 0 Å². The van der Waals surface area contributed by atoms with Gasteiger partial charge in [0, 0.05) is 23.9 Å². The topological polar surface area (TPSA) is 146 Å². The minimum atomic E-state index is -5.56. The number of nitrogens with one attached hydrogen (secondary N) is 2. The van der Waals surface area contributed by atoms with Gasteiger partial charge >= 0.3 is 11.5 Å². The fourth-order valence-electron chi connectivity index (χ4n) is 3.20. The zero-order chi connectivity index (χ0) is 23.1. The number of carbonyl (C=O) groups excluding carboxylic acids is 2. The number of imide groups is 1. The molecule has 164 valence electrons. The highest BCUT2D eigenvalue weighted by Crippen LogP contribution is 2.33. The highest BCUT2D eigenvalue weighted by Gasteiger charge is 2.47. The number of benzene rings is 1. The van der Waals surface area contributed by atoms with Gasteiger partial charge in [-0.3, -0.25) is 15.2 Å². The third kappa shape index (κ3) is 3.83. The lowest BCUT2D eigenvalue weighted by Crippen LogP contribution is -2.35. The highest BCUT2D eigenvalue weighted by atomic mass is 32.2. The van der Waals surface area contributed by atoms with Gasteiger partial charge in [0.15, 0.2) is 0 Å². The Kier molecular flexibility index (Phi) is 5.48. The molecule has 1 aliphatic heterocycles. The molecule has 1 saturated heterocycles. The normalized spacial score (nSPS) is 18.1. The highest BCUT2D eigenvalue weighted by molar-refractivity contribution is 7.92. The van der Waals surface area contributed by atoms with Crippen LogP contribution in [0.15, 0.2) is 47.6 Å². The first-order valence-corrected chi connectivity index (χ1v) is 10.2. The summed E-state index contributed by atoms with van der Waals surface area (Å²) in [4.78, 5) is 28.9. The van der Waals surface area contributed by atoms with Crippen LogP contribution in [-0.4, -0.2) is 42.7 Å². The van der Waals surface area contributed by atoms with Crippen LogP contribution in [0.4, 0.5) is 23.7 Å². The summed E-state index contributed by atoms with van der Waals surface area (Å²) >= 11 is 0. The Morgan fingerprint density at radius 1 is 1.23 bits per heavy atom. The predicted molar refractivity (Wildman–Crippen MR) is 103 cm³/mol. The van der Waals surface area contributed by atoms with E-state index < -0.39 is 44.1 Å². The molecule has 0 aliphatic carbocycles. The molecule has 3 rings (SSSR count). The molecule has 0 saturated carbocycles. The number of rotatable bonds is 5. The van der Waals surface area contributed by atoms with E-state index in [1.165, 1.54) is 12.4 Å². The van der Waals surface area contributed by atoms with Gasteiger partial charge in [0.2, 0.25) is 0 Å². The van der Waals surface area contributed by atoms with E-state index in [9.17, 15) is 31.2 Å². The SMILES string of the molecule is CC(c1ccncc1C(=N)N)C1NC(=O)N(c2ccc(S(=O)(=O)C(F)(F)F)cc2)C1=O. The molecule has 4 N–H and O–H groups in total. The van der Waals surface area contributed by atoms with Crippen LogP contribution in [0.2, 0.25) is 0 Å². The van der Waals surface area contributed by atoms with Gasteiger partial charge in [0.1, 0.15) is 11.9 Å². The number of urea groups is 1. The molecule has 1 aliphatic rings. The smallest absolute Gasteiger partial charge is 0.384 e. The summed E-state index contributed by atoms with van der Waals surface area (Å²) in [5, 5.41) is 10.1. The number of alkyl halides is 3. The Hall–Kier alpha value is -3.48. The molecule has 3 amide bonds. The van der Waals surface area contributed by atoms with E-state index in [1.54, 1.807) is 13.0 Å². The van der Waals surface area contributed by atoms with Crippen LogP contribution in [0.25, 0.3) is 0 Å². The average Bonchev–Trinajstić information content (AvgIpc) is 3.00. The second-order valence-electron chi connectivity index (χ2n) is 6.71. The number of pyridine rings is 1. The third-order valence-corrected chi connectivity index (χ3v) is 6.32. The van der Waals surface area contributed by atoms with Gasteiger partial charge in [0.05, 0.1) is 10.6 Å². The van der Waals surface area contributed by atoms with E-state index in [4.69, 9.17) is 11.1 Å². The summed E-state index contributed by atoms with van der Waals surface area (Å²) in [5.41, 5.74) is 0.752. The summed E-state index contributed by atoms with van der Waals surface area (Å²) in [7, 11) is -5.56. The first kappa shape index (κ1) is 22.2. The molecular weight excluding hydrogens is 439 g/mol. The second-order valence-corrected chi connectivity index (χ2v) is 8.65. The first-order valence-electron chi connectivity index (χ1n) is 8.70. The van der Waals surface area contributed by atoms with Gasteiger partial charge in [-0.15, -0.1) is 0 Å². The van der Waals surface area contributed by atoms with Crippen LogP contribution in [0.3, 0.4) is 0 Å². The Morgan fingerprint density at radius 3 is 2.39 bits per heavy atom. The molecule has 2 atom stereocenters. The third-order valence-electron chi connectivity index (χ3n) is 4.81. The van der Waals surface area contributed by atoms with Crippen LogP contribution < -0.4 is 16.0 Å². The number of nitrogen functional groups attached to an aromatic ring is 1. The van der Waals surface area contributed by atoms with E-state index in [0.717, 1.165) is 12.1 Å². The average molecular weight is 455 g/mol. The maximum atomic E-state index is 12.9. The number of hydrogen-bond acceptors (Lipinski definition) is 6. The van der Waals surface area contributed by atoms with Gasteiger partial charge < -0.3 is 11.1 Å². The van der Waals surface area contributed by atoms with Crippen molar-refractivity contribution < 1.29 is 31.2 Å². The number of sulfone groups is 1. The number of nitrogens with zero attached hydrogens (tertiary/aromatic N) is 2. The van der Waals surface area contributed by atoms with Gasteiger partial charge in [-0.2, -0.15) is 13.2 Å². The molecule has 2 heterocycles. The van der Waals surface area contributed by atoms with Crippen LogP contribution in [0.1, 0.15) is 24.0 Å². The lowest BCUT2D eigenvalue weighted by molar-refractivity contribution is -0.118. The summed E-state index contributed by atoms with van der Waals surface area (Å²) in [5.74, 6) is -1.59. The van der Waals surface area contributed by atoms with Crippen molar-refractivity contribution in [1.82, 2.24) is 10.3 Å². The van der Waals surface area contributed by atoms with Crippen molar-refractivity contribution in [3.8, 4) is 0 Å². The summed E-state index contributed by atoms with van der Waals surface area (Å²) in [6, 6.07) is 2.91. The van der Waals surface area contributed by atoms with Crippen molar-refractivity contribution in [2.75, 3.05) is 4.90 Å². The summed E-state index contributed by atoms with van der Waals surface area (Å²) in [6.07, 6.45) is 2.80. The Labute approximate surface area is 174 Å². The van der Waals surface area contributed by atoms with Crippen LogP contribution in [-0.2, 0) is 14.6 Å². The lowest BCUT2D eigenvalue weighted by Gasteiger charge is -2.20. The minimum Gasteiger partial charge on any atom is -0.384 e. The molecule has 2 aromatic rings. The number of halogens is 3. The molecule has 31 heavy (non-hydrogen) atoms. The van der Waals surface area contributed by atoms with E-state index in [-0.39, 0.29) is 17.1 Å². The van der Waals surface area contributed by atoms with Crippen molar-refractivity contribution in [1.29, 1.82) is 5.41 Å². The first-order chi connectivity index (χ1) is 14.4. The van der Waals surface area contributed by atoms with Crippen LogP contribution in [0, 0.1) is 5.41 Å². The fraction of sp³-hybridized carbons (Fsp3) is 0.222.